The first-order valence-corrected chi connectivity index (χ1v) is 7.86. The molecule has 0 spiro atoms. The number of piperidine rings is 1. The minimum atomic E-state index is 0.642. The second-order valence-electron chi connectivity index (χ2n) is 5.39. The number of nitrogens with zero attached hydrogens (tertiary/aromatic N) is 2. The van der Waals surface area contributed by atoms with Gasteiger partial charge in [-0.1, -0.05) is 13.3 Å². The molecule has 1 aromatic rings. The third-order valence-electron chi connectivity index (χ3n) is 3.84. The lowest BCUT2D eigenvalue weighted by molar-refractivity contribution is 0.130. The first-order chi connectivity index (χ1) is 9.90. The van der Waals surface area contributed by atoms with Crippen molar-refractivity contribution >= 4 is 5.69 Å². The predicted molar refractivity (Wildman–Crippen MR) is 83.2 cm³/mol. The summed E-state index contributed by atoms with van der Waals surface area (Å²) in [6, 6.07) is 4.83. The molecule has 1 saturated heterocycles. The summed E-state index contributed by atoms with van der Waals surface area (Å²) >= 11 is 0. The van der Waals surface area contributed by atoms with Gasteiger partial charge >= 0.3 is 0 Å². The monoisotopic (exact) mass is 277 g/mol. The van der Waals surface area contributed by atoms with Crippen molar-refractivity contribution in [3.63, 3.8) is 0 Å². The van der Waals surface area contributed by atoms with Crippen molar-refractivity contribution in [1.82, 2.24) is 10.3 Å². The van der Waals surface area contributed by atoms with Crippen LogP contribution in [0.3, 0.4) is 0 Å². The highest BCUT2D eigenvalue weighted by Gasteiger charge is 2.18. The van der Waals surface area contributed by atoms with Gasteiger partial charge in [0, 0.05) is 50.4 Å². The van der Waals surface area contributed by atoms with E-state index in [1.807, 2.05) is 12.4 Å². The molecule has 0 bridgehead atoms. The smallest absolute Gasteiger partial charge is 0.0591 e. The number of nitrogens with one attached hydrogen (secondary N) is 1. The minimum absolute atomic E-state index is 0.642. The van der Waals surface area contributed by atoms with Gasteiger partial charge in [-0.3, -0.25) is 4.98 Å². The molecule has 0 saturated carbocycles. The van der Waals surface area contributed by atoms with Gasteiger partial charge in [0.15, 0.2) is 0 Å². The van der Waals surface area contributed by atoms with Gasteiger partial charge in [0.05, 0.1) is 6.61 Å². The lowest BCUT2D eigenvalue weighted by Crippen LogP contribution is -2.43. The van der Waals surface area contributed by atoms with Crippen LogP contribution in [-0.2, 0) is 4.74 Å². The second-order valence-corrected chi connectivity index (χ2v) is 5.39. The van der Waals surface area contributed by atoms with Gasteiger partial charge in [-0.2, -0.15) is 0 Å². The number of rotatable bonds is 8. The van der Waals surface area contributed by atoms with E-state index in [9.17, 15) is 0 Å². The summed E-state index contributed by atoms with van der Waals surface area (Å²) in [6.45, 7) is 7.15. The fourth-order valence-corrected chi connectivity index (χ4v) is 2.58. The highest BCUT2D eigenvalue weighted by atomic mass is 16.5. The number of hydrogen-bond acceptors (Lipinski definition) is 4. The Morgan fingerprint density at radius 1 is 1.25 bits per heavy atom. The molecule has 1 N–H and O–H groups in total. The molecule has 112 valence electrons. The zero-order chi connectivity index (χ0) is 14.0. The SMILES string of the molecule is CCCCOCCNC1CCN(c2ccncc2)CC1. The highest BCUT2D eigenvalue weighted by Crippen LogP contribution is 2.18. The minimum Gasteiger partial charge on any atom is -0.380 e. The molecule has 0 radical (unpaired) electrons. The average molecular weight is 277 g/mol. The Kier molecular flexibility index (Phi) is 6.81. The maximum absolute atomic E-state index is 5.58. The van der Waals surface area contributed by atoms with Gasteiger partial charge in [0.1, 0.15) is 0 Å². The van der Waals surface area contributed by atoms with Gasteiger partial charge in [-0.15, -0.1) is 0 Å². The van der Waals surface area contributed by atoms with E-state index < -0.39 is 0 Å². The van der Waals surface area contributed by atoms with Crippen LogP contribution in [0.5, 0.6) is 0 Å². The maximum atomic E-state index is 5.58. The molecular weight excluding hydrogens is 250 g/mol. The lowest BCUT2D eigenvalue weighted by atomic mass is 10.0. The average Bonchev–Trinajstić information content (AvgIpc) is 2.52. The van der Waals surface area contributed by atoms with Gasteiger partial charge in [0.25, 0.3) is 0 Å². The molecular formula is C16H27N3O. The van der Waals surface area contributed by atoms with Crippen LogP contribution in [0.1, 0.15) is 32.6 Å². The Bertz CT molecular complexity index is 350. The van der Waals surface area contributed by atoms with E-state index in [0.717, 1.165) is 32.8 Å². The largest absolute Gasteiger partial charge is 0.380 e. The summed E-state index contributed by atoms with van der Waals surface area (Å²) in [4.78, 5) is 6.52. The molecule has 4 nitrogen and oxygen atoms in total. The number of aromatic nitrogens is 1. The summed E-state index contributed by atoms with van der Waals surface area (Å²) < 4.78 is 5.58. The first-order valence-electron chi connectivity index (χ1n) is 7.86. The Balaban J connectivity index is 1.58. The maximum Gasteiger partial charge on any atom is 0.0591 e. The number of hydrogen-bond donors (Lipinski definition) is 1. The molecule has 4 heteroatoms. The number of unbranched alkanes of at least 4 members (excludes halogenated alkanes) is 1. The second kappa shape index (κ2) is 8.93. The van der Waals surface area contributed by atoms with Crippen LogP contribution < -0.4 is 10.2 Å². The molecule has 1 aromatic heterocycles. The van der Waals surface area contributed by atoms with Crippen LogP contribution in [-0.4, -0.2) is 43.9 Å². The first kappa shape index (κ1) is 15.3. The standard InChI is InChI=1S/C16H27N3O/c1-2-3-13-20-14-10-18-15-6-11-19(12-7-15)16-4-8-17-9-5-16/h4-5,8-9,15,18H,2-3,6-7,10-14H2,1H3. The van der Waals surface area contributed by atoms with E-state index in [4.69, 9.17) is 4.74 Å². The van der Waals surface area contributed by atoms with Crippen LogP contribution in [0.25, 0.3) is 0 Å². The Hall–Kier alpha value is -1.13. The van der Waals surface area contributed by atoms with E-state index in [1.165, 1.54) is 31.4 Å². The molecule has 2 rings (SSSR count). The van der Waals surface area contributed by atoms with Crippen molar-refractivity contribution in [1.29, 1.82) is 0 Å². The fraction of sp³-hybridized carbons (Fsp3) is 0.688. The summed E-state index contributed by atoms with van der Waals surface area (Å²) in [6.07, 6.45) is 8.53. The molecule has 1 aliphatic heterocycles. The van der Waals surface area contributed by atoms with Gasteiger partial charge in [-0.25, -0.2) is 0 Å². The molecule has 0 atom stereocenters. The van der Waals surface area contributed by atoms with E-state index in [-0.39, 0.29) is 0 Å². The van der Waals surface area contributed by atoms with E-state index in [1.54, 1.807) is 0 Å². The molecule has 0 aromatic carbocycles. The number of pyridine rings is 1. The summed E-state index contributed by atoms with van der Waals surface area (Å²) in [5.41, 5.74) is 1.29. The third kappa shape index (κ3) is 5.10. The van der Waals surface area contributed by atoms with E-state index in [2.05, 4.69) is 34.3 Å². The zero-order valence-electron chi connectivity index (χ0n) is 12.6. The Labute approximate surface area is 122 Å². The Morgan fingerprint density at radius 3 is 2.70 bits per heavy atom. The molecule has 1 fully saturated rings. The quantitative estimate of drug-likeness (QED) is 0.741. The van der Waals surface area contributed by atoms with Gasteiger partial charge in [0.2, 0.25) is 0 Å². The predicted octanol–water partition coefficient (Wildman–Crippen LogP) is 2.46. The molecule has 0 unspecified atom stereocenters. The van der Waals surface area contributed by atoms with Crippen LogP contribution in [0.2, 0.25) is 0 Å². The molecule has 0 amide bonds. The van der Waals surface area contributed by atoms with Crippen molar-refractivity contribution in [3.8, 4) is 0 Å². The van der Waals surface area contributed by atoms with Crippen molar-refractivity contribution in [2.75, 3.05) is 37.7 Å². The summed E-state index contributed by atoms with van der Waals surface area (Å²) in [5.74, 6) is 0. The number of anilines is 1. The fourth-order valence-electron chi connectivity index (χ4n) is 2.58. The van der Waals surface area contributed by atoms with Crippen LogP contribution in [0.4, 0.5) is 5.69 Å². The highest BCUT2D eigenvalue weighted by molar-refractivity contribution is 5.44. The molecule has 2 heterocycles. The topological polar surface area (TPSA) is 37.4 Å². The van der Waals surface area contributed by atoms with Gasteiger partial charge < -0.3 is 15.0 Å². The van der Waals surface area contributed by atoms with E-state index >= 15 is 0 Å². The molecule has 0 aliphatic carbocycles. The van der Waals surface area contributed by atoms with Crippen LogP contribution in [0.15, 0.2) is 24.5 Å². The number of ether oxygens (including phenoxy) is 1. The summed E-state index contributed by atoms with van der Waals surface area (Å²) in [5, 5.41) is 3.61. The van der Waals surface area contributed by atoms with Gasteiger partial charge in [-0.05, 0) is 31.4 Å². The molecule has 1 aliphatic rings. The lowest BCUT2D eigenvalue weighted by Gasteiger charge is -2.34. The zero-order valence-corrected chi connectivity index (χ0v) is 12.6. The molecule has 20 heavy (non-hydrogen) atoms. The van der Waals surface area contributed by atoms with Crippen molar-refractivity contribution < 1.29 is 4.74 Å². The normalized spacial score (nSPS) is 16.6. The van der Waals surface area contributed by atoms with Crippen molar-refractivity contribution in [2.24, 2.45) is 0 Å². The third-order valence-corrected chi connectivity index (χ3v) is 3.84. The van der Waals surface area contributed by atoms with Crippen LogP contribution in [0, 0.1) is 0 Å². The van der Waals surface area contributed by atoms with Crippen molar-refractivity contribution in [2.45, 2.75) is 38.6 Å². The Morgan fingerprint density at radius 2 is 2.00 bits per heavy atom. The van der Waals surface area contributed by atoms with Crippen LogP contribution >= 0.6 is 0 Å². The summed E-state index contributed by atoms with van der Waals surface area (Å²) in [7, 11) is 0. The van der Waals surface area contributed by atoms with E-state index in [0.29, 0.717) is 6.04 Å². The van der Waals surface area contributed by atoms with Crippen molar-refractivity contribution in [3.05, 3.63) is 24.5 Å².